The number of guanidine groups is 1. The van der Waals surface area contributed by atoms with Crippen molar-refractivity contribution < 1.29 is 9.53 Å². The molecule has 0 saturated carbocycles. The Bertz CT molecular complexity index is 589. The van der Waals surface area contributed by atoms with Gasteiger partial charge in [0.25, 0.3) is 0 Å². The Kier molecular flexibility index (Phi) is 7.57. The van der Waals surface area contributed by atoms with E-state index in [1.54, 1.807) is 14.2 Å². The fraction of sp³-hybridized carbons (Fsp3) is 0.579. The molecule has 1 atom stereocenters. The molecule has 1 heterocycles. The minimum absolute atomic E-state index is 0.222. The summed E-state index contributed by atoms with van der Waals surface area (Å²) in [6.07, 6.45) is 2.83. The first-order valence-electron chi connectivity index (χ1n) is 8.98. The van der Waals surface area contributed by atoms with Crippen LogP contribution in [-0.2, 0) is 11.3 Å². The van der Waals surface area contributed by atoms with E-state index in [9.17, 15) is 4.79 Å². The van der Waals surface area contributed by atoms with Crippen LogP contribution in [0, 0.1) is 5.92 Å². The Morgan fingerprint density at radius 1 is 1.36 bits per heavy atom. The van der Waals surface area contributed by atoms with Gasteiger partial charge in [-0.05, 0) is 24.8 Å². The topological polar surface area (TPSA) is 66.0 Å². The summed E-state index contributed by atoms with van der Waals surface area (Å²) in [6, 6.07) is 7.88. The zero-order chi connectivity index (χ0) is 18.1. The quantitative estimate of drug-likeness (QED) is 0.611. The summed E-state index contributed by atoms with van der Waals surface area (Å²) in [7, 11) is 3.39. The van der Waals surface area contributed by atoms with Gasteiger partial charge in [-0.3, -0.25) is 9.79 Å². The molecule has 1 aromatic rings. The molecule has 1 amide bonds. The molecule has 6 nitrogen and oxygen atoms in total. The lowest BCUT2D eigenvalue weighted by Crippen LogP contribution is -2.42. The summed E-state index contributed by atoms with van der Waals surface area (Å²) in [5.41, 5.74) is 1.06. The van der Waals surface area contributed by atoms with Gasteiger partial charge in [-0.15, -0.1) is 0 Å². The third-order valence-corrected chi connectivity index (χ3v) is 4.50. The van der Waals surface area contributed by atoms with E-state index in [2.05, 4.69) is 22.5 Å². The molecule has 0 spiro atoms. The highest BCUT2D eigenvalue weighted by Gasteiger charge is 2.20. The molecule has 1 aliphatic heterocycles. The van der Waals surface area contributed by atoms with Crippen LogP contribution in [0.3, 0.4) is 0 Å². The van der Waals surface area contributed by atoms with Crippen LogP contribution in [-0.4, -0.2) is 50.6 Å². The molecule has 1 unspecified atom stereocenters. The molecule has 138 valence electrons. The highest BCUT2D eigenvalue weighted by Crippen LogP contribution is 2.17. The number of ether oxygens (including phenoxy) is 1. The molecule has 25 heavy (non-hydrogen) atoms. The molecule has 0 aliphatic carbocycles. The predicted molar refractivity (Wildman–Crippen MR) is 101 cm³/mol. The van der Waals surface area contributed by atoms with Crippen LogP contribution >= 0.6 is 0 Å². The highest BCUT2D eigenvalue weighted by molar-refractivity contribution is 5.81. The van der Waals surface area contributed by atoms with E-state index in [1.807, 2.05) is 29.2 Å². The van der Waals surface area contributed by atoms with Crippen LogP contribution in [0.4, 0.5) is 0 Å². The van der Waals surface area contributed by atoms with Gasteiger partial charge < -0.3 is 20.3 Å². The second kappa shape index (κ2) is 9.91. The lowest BCUT2D eigenvalue weighted by Gasteiger charge is -2.31. The van der Waals surface area contributed by atoms with Gasteiger partial charge in [0.1, 0.15) is 5.75 Å². The fourth-order valence-electron chi connectivity index (χ4n) is 3.11. The summed E-state index contributed by atoms with van der Waals surface area (Å²) >= 11 is 0. The first-order chi connectivity index (χ1) is 12.1. The number of carbonyl (C=O) groups is 1. The van der Waals surface area contributed by atoms with Gasteiger partial charge in [0.05, 0.1) is 7.11 Å². The summed E-state index contributed by atoms with van der Waals surface area (Å²) < 4.78 is 5.35. The van der Waals surface area contributed by atoms with Crippen molar-refractivity contribution in [3.05, 3.63) is 29.8 Å². The van der Waals surface area contributed by atoms with Gasteiger partial charge in [-0.1, -0.05) is 25.1 Å². The van der Waals surface area contributed by atoms with E-state index in [-0.39, 0.29) is 5.91 Å². The van der Waals surface area contributed by atoms with Crippen molar-refractivity contribution in [1.29, 1.82) is 0 Å². The largest absolute Gasteiger partial charge is 0.496 e. The summed E-state index contributed by atoms with van der Waals surface area (Å²) in [6.45, 7) is 5.18. The maximum atomic E-state index is 12.3. The van der Waals surface area contributed by atoms with E-state index in [0.29, 0.717) is 31.4 Å². The molecule has 0 radical (unpaired) electrons. The van der Waals surface area contributed by atoms with E-state index in [4.69, 9.17) is 4.74 Å². The van der Waals surface area contributed by atoms with Crippen LogP contribution in [0.2, 0.25) is 0 Å². The molecule has 1 fully saturated rings. The summed E-state index contributed by atoms with van der Waals surface area (Å²) in [4.78, 5) is 18.5. The van der Waals surface area contributed by atoms with E-state index in [1.165, 1.54) is 6.42 Å². The number of hydrogen-bond acceptors (Lipinski definition) is 3. The second-order valence-corrected chi connectivity index (χ2v) is 6.50. The lowest BCUT2D eigenvalue weighted by molar-refractivity contribution is -0.132. The van der Waals surface area contributed by atoms with Crippen molar-refractivity contribution in [2.45, 2.75) is 32.7 Å². The number of amides is 1. The minimum atomic E-state index is 0.222. The van der Waals surface area contributed by atoms with Crippen LogP contribution in [0.15, 0.2) is 29.3 Å². The standard InChI is InChI=1S/C19H30N4O2/c1-15-7-6-12-23(14-15)18(24)10-11-21-19(20-2)22-13-16-8-4-5-9-17(16)25-3/h4-5,8-9,15H,6-7,10-14H2,1-3H3,(H2,20,21,22). The normalized spacial score (nSPS) is 18.0. The Morgan fingerprint density at radius 2 is 2.16 bits per heavy atom. The zero-order valence-electron chi connectivity index (χ0n) is 15.5. The molecule has 6 heteroatoms. The van der Waals surface area contributed by atoms with Gasteiger partial charge in [0, 0.05) is 45.2 Å². The average molecular weight is 346 g/mol. The van der Waals surface area contributed by atoms with Crippen LogP contribution in [0.25, 0.3) is 0 Å². The molecule has 0 bridgehead atoms. The second-order valence-electron chi connectivity index (χ2n) is 6.50. The molecule has 2 rings (SSSR count). The van der Waals surface area contributed by atoms with Crippen molar-refractivity contribution in [3.63, 3.8) is 0 Å². The number of hydrogen-bond donors (Lipinski definition) is 2. The number of aliphatic imine (C=N–C) groups is 1. The first-order valence-corrected chi connectivity index (χ1v) is 8.98. The number of carbonyl (C=O) groups excluding carboxylic acids is 1. The number of likely N-dealkylation sites (tertiary alicyclic amines) is 1. The average Bonchev–Trinajstić information content (AvgIpc) is 2.64. The SMILES string of the molecule is CN=C(NCCC(=O)N1CCCC(C)C1)NCc1ccccc1OC. The number of rotatable bonds is 6. The molecule has 1 aliphatic rings. The van der Waals surface area contributed by atoms with Crippen molar-refractivity contribution in [2.24, 2.45) is 10.9 Å². The molecule has 1 saturated heterocycles. The Balaban J connectivity index is 1.74. The number of benzene rings is 1. The minimum Gasteiger partial charge on any atom is -0.496 e. The zero-order valence-corrected chi connectivity index (χ0v) is 15.5. The monoisotopic (exact) mass is 346 g/mol. The number of para-hydroxylation sites is 1. The van der Waals surface area contributed by atoms with Gasteiger partial charge in [-0.2, -0.15) is 0 Å². The number of methoxy groups -OCH3 is 1. The third kappa shape index (κ3) is 5.96. The van der Waals surface area contributed by atoms with Gasteiger partial charge in [-0.25, -0.2) is 0 Å². The smallest absolute Gasteiger partial charge is 0.224 e. The van der Waals surface area contributed by atoms with E-state index < -0.39 is 0 Å². The summed E-state index contributed by atoms with van der Waals surface area (Å²) in [5, 5.41) is 6.46. The van der Waals surface area contributed by atoms with Crippen molar-refractivity contribution >= 4 is 11.9 Å². The van der Waals surface area contributed by atoms with Crippen LogP contribution in [0.5, 0.6) is 5.75 Å². The Morgan fingerprint density at radius 3 is 2.88 bits per heavy atom. The molecule has 0 aromatic heterocycles. The van der Waals surface area contributed by atoms with Gasteiger partial charge in [0.15, 0.2) is 5.96 Å². The van der Waals surface area contributed by atoms with Gasteiger partial charge >= 0.3 is 0 Å². The molecular formula is C19H30N4O2. The Hall–Kier alpha value is -2.24. The highest BCUT2D eigenvalue weighted by atomic mass is 16.5. The van der Waals surface area contributed by atoms with Crippen LogP contribution in [0.1, 0.15) is 31.7 Å². The van der Waals surface area contributed by atoms with E-state index in [0.717, 1.165) is 30.8 Å². The first kappa shape index (κ1) is 19.1. The van der Waals surface area contributed by atoms with Crippen molar-refractivity contribution in [1.82, 2.24) is 15.5 Å². The molecule has 1 aromatic carbocycles. The fourth-order valence-corrected chi connectivity index (χ4v) is 3.11. The van der Waals surface area contributed by atoms with Crippen LogP contribution < -0.4 is 15.4 Å². The third-order valence-electron chi connectivity index (χ3n) is 4.50. The summed E-state index contributed by atoms with van der Waals surface area (Å²) in [5.74, 6) is 2.37. The number of nitrogens with one attached hydrogen (secondary N) is 2. The predicted octanol–water partition coefficient (Wildman–Crippen LogP) is 2.01. The van der Waals surface area contributed by atoms with Gasteiger partial charge in [0.2, 0.25) is 5.91 Å². The molecule has 2 N–H and O–H groups in total. The van der Waals surface area contributed by atoms with E-state index >= 15 is 0 Å². The van der Waals surface area contributed by atoms with Crippen molar-refractivity contribution in [2.75, 3.05) is 33.8 Å². The molecular weight excluding hydrogens is 316 g/mol. The Labute approximate surface area is 150 Å². The maximum Gasteiger partial charge on any atom is 0.224 e. The van der Waals surface area contributed by atoms with Crippen molar-refractivity contribution in [3.8, 4) is 5.75 Å². The maximum absolute atomic E-state index is 12.3. The number of nitrogens with zero attached hydrogens (tertiary/aromatic N) is 2. The number of piperidine rings is 1. The lowest BCUT2D eigenvalue weighted by atomic mass is 10.00.